The predicted molar refractivity (Wildman–Crippen MR) is 81.0 cm³/mol. The minimum absolute atomic E-state index is 0.628. The molecule has 0 aliphatic heterocycles. The van der Waals surface area contributed by atoms with E-state index < -0.39 is 0 Å². The molecule has 0 aromatic heterocycles. The number of hydrogen-bond acceptors (Lipinski definition) is 5. The van der Waals surface area contributed by atoms with E-state index >= 15 is 0 Å². The minimum atomic E-state index is 0.628. The Morgan fingerprint density at radius 3 is 1.95 bits per heavy atom. The van der Waals surface area contributed by atoms with E-state index in [2.05, 4.69) is 17.6 Å². The summed E-state index contributed by atoms with van der Waals surface area (Å²) in [5, 5.41) is 6.74. The second-order valence-electron chi connectivity index (χ2n) is 4.46. The molecule has 0 aliphatic rings. The number of nitrogens with one attached hydrogen (secondary N) is 2. The SMILES string of the molecule is CCCNCCNCc1cc(OC)c(OC)c(OC)c1. The van der Waals surface area contributed by atoms with Crippen molar-refractivity contribution in [3.05, 3.63) is 17.7 Å². The molecule has 5 heteroatoms. The van der Waals surface area contributed by atoms with Crippen molar-refractivity contribution in [3.8, 4) is 17.2 Å². The first-order chi connectivity index (χ1) is 9.76. The maximum atomic E-state index is 5.33. The smallest absolute Gasteiger partial charge is 0.203 e. The maximum Gasteiger partial charge on any atom is 0.203 e. The zero-order valence-electron chi connectivity index (χ0n) is 12.9. The molecule has 5 nitrogen and oxygen atoms in total. The molecule has 1 aromatic carbocycles. The molecule has 0 fully saturated rings. The van der Waals surface area contributed by atoms with Gasteiger partial charge in [0.25, 0.3) is 0 Å². The van der Waals surface area contributed by atoms with Crippen LogP contribution in [-0.2, 0) is 6.54 Å². The first kappa shape index (κ1) is 16.6. The van der Waals surface area contributed by atoms with Gasteiger partial charge >= 0.3 is 0 Å². The summed E-state index contributed by atoms with van der Waals surface area (Å²) in [5.41, 5.74) is 1.11. The molecular weight excluding hydrogens is 256 g/mol. The van der Waals surface area contributed by atoms with Gasteiger partial charge in [-0.3, -0.25) is 0 Å². The molecule has 1 rings (SSSR count). The second-order valence-corrected chi connectivity index (χ2v) is 4.46. The van der Waals surface area contributed by atoms with Gasteiger partial charge in [0.2, 0.25) is 5.75 Å². The number of benzene rings is 1. The lowest BCUT2D eigenvalue weighted by atomic mass is 10.2. The molecular formula is C15H26N2O3. The largest absolute Gasteiger partial charge is 0.493 e. The molecule has 0 radical (unpaired) electrons. The zero-order chi connectivity index (χ0) is 14.8. The average Bonchev–Trinajstić information content (AvgIpc) is 2.49. The average molecular weight is 282 g/mol. The number of methoxy groups -OCH3 is 3. The van der Waals surface area contributed by atoms with Gasteiger partial charge in [0.1, 0.15) is 0 Å². The van der Waals surface area contributed by atoms with Crippen LogP contribution < -0.4 is 24.8 Å². The van der Waals surface area contributed by atoms with Crippen molar-refractivity contribution in [3.63, 3.8) is 0 Å². The monoisotopic (exact) mass is 282 g/mol. The van der Waals surface area contributed by atoms with Gasteiger partial charge in [-0.05, 0) is 30.7 Å². The third kappa shape index (κ3) is 4.90. The van der Waals surface area contributed by atoms with E-state index in [1.54, 1.807) is 21.3 Å². The van der Waals surface area contributed by atoms with E-state index in [1.807, 2.05) is 12.1 Å². The van der Waals surface area contributed by atoms with Gasteiger partial charge in [-0.25, -0.2) is 0 Å². The van der Waals surface area contributed by atoms with Gasteiger partial charge in [0, 0.05) is 19.6 Å². The van der Waals surface area contributed by atoms with E-state index in [4.69, 9.17) is 14.2 Å². The highest BCUT2D eigenvalue weighted by Crippen LogP contribution is 2.38. The summed E-state index contributed by atoms with van der Waals surface area (Å²) in [5.74, 6) is 2.00. The van der Waals surface area contributed by atoms with Gasteiger partial charge in [0.05, 0.1) is 21.3 Å². The van der Waals surface area contributed by atoms with Crippen LogP contribution in [0.4, 0.5) is 0 Å². The first-order valence-electron chi connectivity index (χ1n) is 6.97. The van der Waals surface area contributed by atoms with Gasteiger partial charge < -0.3 is 24.8 Å². The standard InChI is InChI=1S/C15H26N2O3/c1-5-6-16-7-8-17-11-12-9-13(18-2)15(20-4)14(10-12)19-3/h9-10,16-17H,5-8,11H2,1-4H3. The topological polar surface area (TPSA) is 51.8 Å². The van der Waals surface area contributed by atoms with E-state index in [-0.39, 0.29) is 0 Å². The number of rotatable bonds is 10. The van der Waals surface area contributed by atoms with E-state index in [9.17, 15) is 0 Å². The second kappa shape index (κ2) is 9.44. The van der Waals surface area contributed by atoms with Crippen molar-refractivity contribution in [2.24, 2.45) is 0 Å². The quantitative estimate of drug-likeness (QED) is 0.641. The Morgan fingerprint density at radius 1 is 0.850 bits per heavy atom. The van der Waals surface area contributed by atoms with Crippen molar-refractivity contribution in [1.29, 1.82) is 0 Å². The van der Waals surface area contributed by atoms with Crippen LogP contribution in [0.25, 0.3) is 0 Å². The van der Waals surface area contributed by atoms with Gasteiger partial charge in [-0.2, -0.15) is 0 Å². The molecule has 20 heavy (non-hydrogen) atoms. The highest BCUT2D eigenvalue weighted by Gasteiger charge is 2.12. The van der Waals surface area contributed by atoms with Gasteiger partial charge in [0.15, 0.2) is 11.5 Å². The third-order valence-corrected chi connectivity index (χ3v) is 2.96. The van der Waals surface area contributed by atoms with Crippen molar-refractivity contribution in [2.45, 2.75) is 19.9 Å². The van der Waals surface area contributed by atoms with Crippen LogP contribution in [0.15, 0.2) is 12.1 Å². The maximum absolute atomic E-state index is 5.33. The lowest BCUT2D eigenvalue weighted by Crippen LogP contribution is -2.27. The molecule has 0 amide bonds. The summed E-state index contributed by atoms with van der Waals surface area (Å²) in [6.07, 6.45) is 1.16. The van der Waals surface area contributed by atoms with Gasteiger partial charge in [-0.1, -0.05) is 6.92 Å². The molecule has 0 heterocycles. The molecule has 0 saturated carbocycles. The molecule has 114 valence electrons. The Balaban J connectivity index is 2.57. The third-order valence-electron chi connectivity index (χ3n) is 2.96. The van der Waals surface area contributed by atoms with E-state index in [1.165, 1.54) is 0 Å². The Kier molecular flexibility index (Phi) is 7.84. The molecule has 1 aromatic rings. The van der Waals surface area contributed by atoms with E-state index in [0.29, 0.717) is 17.2 Å². The lowest BCUT2D eigenvalue weighted by Gasteiger charge is -2.14. The Hall–Kier alpha value is -1.46. The van der Waals surface area contributed by atoms with Gasteiger partial charge in [-0.15, -0.1) is 0 Å². The summed E-state index contributed by atoms with van der Waals surface area (Å²) in [7, 11) is 4.87. The molecule has 0 atom stereocenters. The molecule has 2 N–H and O–H groups in total. The van der Waals surface area contributed by atoms with Crippen LogP contribution in [-0.4, -0.2) is 41.0 Å². The van der Waals surface area contributed by atoms with Crippen LogP contribution in [0.1, 0.15) is 18.9 Å². The van der Waals surface area contributed by atoms with Crippen LogP contribution in [0, 0.1) is 0 Å². The van der Waals surface area contributed by atoms with Crippen LogP contribution in [0.2, 0.25) is 0 Å². The fourth-order valence-corrected chi connectivity index (χ4v) is 1.95. The molecule has 0 aliphatic carbocycles. The minimum Gasteiger partial charge on any atom is -0.493 e. The summed E-state index contributed by atoms with van der Waals surface area (Å²) < 4.78 is 16.0. The summed E-state index contributed by atoms with van der Waals surface area (Å²) in [6, 6.07) is 3.93. The van der Waals surface area contributed by atoms with Crippen LogP contribution in [0.3, 0.4) is 0 Å². The number of hydrogen-bond donors (Lipinski definition) is 2. The first-order valence-corrected chi connectivity index (χ1v) is 6.97. The summed E-state index contributed by atoms with van der Waals surface area (Å²) in [6.45, 7) is 5.89. The van der Waals surface area contributed by atoms with Crippen molar-refractivity contribution < 1.29 is 14.2 Å². The normalized spacial score (nSPS) is 10.4. The molecule has 0 unspecified atom stereocenters. The molecule has 0 spiro atoms. The Bertz CT molecular complexity index is 372. The molecule has 0 bridgehead atoms. The summed E-state index contributed by atoms with van der Waals surface area (Å²) in [4.78, 5) is 0. The fraction of sp³-hybridized carbons (Fsp3) is 0.600. The number of ether oxygens (including phenoxy) is 3. The zero-order valence-corrected chi connectivity index (χ0v) is 12.9. The van der Waals surface area contributed by atoms with Crippen LogP contribution in [0.5, 0.6) is 17.2 Å². The molecule has 0 saturated heterocycles. The van der Waals surface area contributed by atoms with Crippen molar-refractivity contribution >= 4 is 0 Å². The Labute approximate surface area is 121 Å². The van der Waals surface area contributed by atoms with Crippen molar-refractivity contribution in [1.82, 2.24) is 10.6 Å². The summed E-state index contributed by atoms with van der Waals surface area (Å²) >= 11 is 0. The Morgan fingerprint density at radius 2 is 1.45 bits per heavy atom. The van der Waals surface area contributed by atoms with E-state index in [0.717, 1.165) is 38.2 Å². The highest BCUT2D eigenvalue weighted by atomic mass is 16.5. The fourth-order valence-electron chi connectivity index (χ4n) is 1.95. The van der Waals surface area contributed by atoms with Crippen molar-refractivity contribution in [2.75, 3.05) is 41.0 Å². The highest BCUT2D eigenvalue weighted by molar-refractivity contribution is 5.53. The lowest BCUT2D eigenvalue weighted by molar-refractivity contribution is 0.323. The van der Waals surface area contributed by atoms with Crippen LogP contribution >= 0.6 is 0 Å². The predicted octanol–water partition coefficient (Wildman–Crippen LogP) is 1.80.